The van der Waals surface area contributed by atoms with E-state index in [1.54, 1.807) is 0 Å². The molecular formula is C21H21NO3. The van der Waals surface area contributed by atoms with E-state index in [-0.39, 0.29) is 11.8 Å². The molecule has 1 N–H and O–H groups in total. The molecule has 1 atom stereocenters. The zero-order chi connectivity index (χ0) is 17.3. The average Bonchev–Trinajstić information content (AvgIpc) is 2.93. The van der Waals surface area contributed by atoms with Crippen molar-refractivity contribution in [3.63, 3.8) is 0 Å². The Morgan fingerprint density at radius 1 is 1.00 bits per heavy atom. The van der Waals surface area contributed by atoms with Gasteiger partial charge in [-0.2, -0.15) is 0 Å². The van der Waals surface area contributed by atoms with Gasteiger partial charge in [-0.25, -0.2) is 0 Å². The normalized spacial score (nSPS) is 22.4. The van der Waals surface area contributed by atoms with Crippen LogP contribution in [-0.4, -0.2) is 25.7 Å². The fourth-order valence-electron chi connectivity index (χ4n) is 3.93. The van der Waals surface area contributed by atoms with Crippen molar-refractivity contribution in [3.05, 3.63) is 83.1 Å². The number of hydrogen-bond acceptors (Lipinski definition) is 3. The molecule has 0 aliphatic carbocycles. The van der Waals surface area contributed by atoms with E-state index >= 15 is 0 Å². The molecule has 2 aliphatic heterocycles. The lowest BCUT2D eigenvalue weighted by Gasteiger charge is -2.37. The van der Waals surface area contributed by atoms with Crippen LogP contribution in [0.1, 0.15) is 18.1 Å². The van der Waals surface area contributed by atoms with Gasteiger partial charge in [-0.15, -0.1) is 0 Å². The van der Waals surface area contributed by atoms with Gasteiger partial charge < -0.3 is 14.8 Å². The topological polar surface area (TPSA) is 47.6 Å². The summed E-state index contributed by atoms with van der Waals surface area (Å²) in [6.07, 6.45) is 0. The first-order valence-corrected chi connectivity index (χ1v) is 8.60. The van der Waals surface area contributed by atoms with Crippen molar-refractivity contribution in [2.45, 2.75) is 12.5 Å². The summed E-state index contributed by atoms with van der Waals surface area (Å²) in [5.74, 6) is 0.415. The largest absolute Gasteiger partial charge is 0.481 e. The number of amides is 1. The molecule has 4 rings (SSSR count). The number of hydrogen-bond donors (Lipinski definition) is 1. The smallest absolute Gasteiger partial charge is 0.251 e. The summed E-state index contributed by atoms with van der Waals surface area (Å²) in [6, 6.07) is 20.2. The van der Waals surface area contributed by atoms with Gasteiger partial charge in [0.1, 0.15) is 5.76 Å². The predicted octanol–water partition coefficient (Wildman–Crippen LogP) is 3.00. The van der Waals surface area contributed by atoms with Crippen molar-refractivity contribution in [3.8, 4) is 0 Å². The molecule has 4 heteroatoms. The lowest BCUT2D eigenvalue weighted by Crippen LogP contribution is -2.43. The molecule has 2 aromatic carbocycles. The van der Waals surface area contributed by atoms with Crippen LogP contribution in [0.15, 0.2) is 72.0 Å². The molecule has 1 saturated heterocycles. The highest BCUT2D eigenvalue weighted by molar-refractivity contribution is 5.95. The van der Waals surface area contributed by atoms with Crippen LogP contribution in [0.4, 0.5) is 0 Å². The van der Waals surface area contributed by atoms with Crippen LogP contribution in [-0.2, 0) is 19.9 Å². The lowest BCUT2D eigenvalue weighted by molar-refractivity contribution is -0.119. The fraction of sp³-hybridized carbons (Fsp3) is 0.286. The molecule has 0 saturated carbocycles. The number of ether oxygens (including phenoxy) is 2. The van der Waals surface area contributed by atoms with Crippen LogP contribution in [0.25, 0.3) is 0 Å². The van der Waals surface area contributed by atoms with Gasteiger partial charge >= 0.3 is 0 Å². The summed E-state index contributed by atoms with van der Waals surface area (Å²) in [5.41, 5.74) is 1.99. The minimum Gasteiger partial charge on any atom is -0.481 e. The molecule has 2 aromatic rings. The van der Waals surface area contributed by atoms with Gasteiger partial charge in [-0.1, -0.05) is 60.7 Å². The third-order valence-electron chi connectivity index (χ3n) is 5.00. The lowest BCUT2D eigenvalue weighted by atomic mass is 9.74. The molecule has 0 radical (unpaired) electrons. The van der Waals surface area contributed by atoms with Crippen LogP contribution in [0.2, 0.25) is 0 Å². The van der Waals surface area contributed by atoms with Crippen molar-refractivity contribution in [2.75, 3.05) is 19.8 Å². The van der Waals surface area contributed by atoms with E-state index in [0.717, 1.165) is 11.1 Å². The van der Waals surface area contributed by atoms with Crippen molar-refractivity contribution in [1.29, 1.82) is 0 Å². The standard InChI is InChI=1S/C21H21NO3/c1-15-19-18(14-24-13-12-22-20(19)23)21(25-15,16-8-4-2-5-9-16)17-10-6-3-7-11-17/h2-11,18H,12-14H2,1H3,(H,22,23). The quantitative estimate of drug-likeness (QED) is 0.918. The molecule has 1 unspecified atom stereocenters. The Morgan fingerprint density at radius 2 is 1.60 bits per heavy atom. The Balaban J connectivity index is 1.92. The maximum absolute atomic E-state index is 12.7. The number of carbonyl (C=O) groups is 1. The van der Waals surface area contributed by atoms with Crippen LogP contribution in [0.5, 0.6) is 0 Å². The van der Waals surface area contributed by atoms with Crippen molar-refractivity contribution in [2.24, 2.45) is 5.92 Å². The van der Waals surface area contributed by atoms with E-state index in [0.29, 0.717) is 31.1 Å². The Labute approximate surface area is 147 Å². The molecule has 25 heavy (non-hydrogen) atoms. The number of fused-ring (bicyclic) bond motifs is 1. The van der Waals surface area contributed by atoms with Gasteiger partial charge in [0, 0.05) is 17.7 Å². The minimum absolute atomic E-state index is 0.0560. The highest BCUT2D eigenvalue weighted by atomic mass is 16.5. The van der Waals surface area contributed by atoms with E-state index in [9.17, 15) is 4.79 Å². The van der Waals surface area contributed by atoms with E-state index in [1.165, 1.54) is 0 Å². The Morgan fingerprint density at radius 3 is 2.20 bits per heavy atom. The highest BCUT2D eigenvalue weighted by Crippen LogP contribution is 2.51. The second-order valence-electron chi connectivity index (χ2n) is 6.42. The van der Waals surface area contributed by atoms with Gasteiger partial charge in [0.2, 0.25) is 0 Å². The monoisotopic (exact) mass is 335 g/mol. The number of nitrogens with one attached hydrogen (secondary N) is 1. The van der Waals surface area contributed by atoms with Crippen molar-refractivity contribution >= 4 is 5.91 Å². The molecule has 2 aliphatic rings. The SMILES string of the molecule is CC1=C2C(=O)NCCOCC2C(c2ccccc2)(c2ccccc2)O1. The molecule has 0 aromatic heterocycles. The van der Waals surface area contributed by atoms with Crippen molar-refractivity contribution < 1.29 is 14.3 Å². The molecule has 4 nitrogen and oxygen atoms in total. The van der Waals surface area contributed by atoms with Crippen molar-refractivity contribution in [1.82, 2.24) is 5.32 Å². The van der Waals surface area contributed by atoms with Crippen LogP contribution < -0.4 is 5.32 Å². The van der Waals surface area contributed by atoms with Gasteiger partial charge in [0.15, 0.2) is 5.60 Å². The summed E-state index contributed by atoms with van der Waals surface area (Å²) in [6.45, 7) is 3.35. The summed E-state index contributed by atoms with van der Waals surface area (Å²) < 4.78 is 12.3. The second kappa shape index (κ2) is 6.37. The first-order valence-electron chi connectivity index (χ1n) is 8.60. The van der Waals surface area contributed by atoms with Crippen LogP contribution in [0, 0.1) is 5.92 Å². The van der Waals surface area contributed by atoms with Gasteiger partial charge in [-0.05, 0) is 6.92 Å². The highest BCUT2D eigenvalue weighted by Gasteiger charge is 2.53. The van der Waals surface area contributed by atoms with Crippen LogP contribution in [0.3, 0.4) is 0 Å². The molecule has 1 amide bonds. The second-order valence-corrected chi connectivity index (χ2v) is 6.42. The zero-order valence-electron chi connectivity index (χ0n) is 14.2. The summed E-state index contributed by atoms with van der Waals surface area (Å²) in [7, 11) is 0. The first-order chi connectivity index (χ1) is 12.2. The Kier molecular flexibility index (Phi) is 4.06. The molecule has 128 valence electrons. The van der Waals surface area contributed by atoms with Crippen LogP contribution >= 0.6 is 0 Å². The molecule has 0 bridgehead atoms. The number of carbonyl (C=O) groups excluding carboxylic acids is 1. The molecular weight excluding hydrogens is 314 g/mol. The molecule has 0 spiro atoms. The first kappa shape index (κ1) is 15.9. The zero-order valence-corrected chi connectivity index (χ0v) is 14.2. The maximum atomic E-state index is 12.7. The number of benzene rings is 2. The third-order valence-corrected chi connectivity index (χ3v) is 5.00. The molecule has 2 heterocycles. The minimum atomic E-state index is -0.753. The average molecular weight is 335 g/mol. The Hall–Kier alpha value is -2.59. The van der Waals surface area contributed by atoms with E-state index in [2.05, 4.69) is 29.6 Å². The Bertz CT molecular complexity index is 759. The maximum Gasteiger partial charge on any atom is 0.251 e. The van der Waals surface area contributed by atoms with Gasteiger partial charge in [0.25, 0.3) is 5.91 Å². The summed E-state index contributed by atoms with van der Waals surface area (Å²) >= 11 is 0. The van der Waals surface area contributed by atoms with E-state index in [4.69, 9.17) is 9.47 Å². The number of allylic oxidation sites excluding steroid dienone is 1. The van der Waals surface area contributed by atoms with Gasteiger partial charge in [-0.3, -0.25) is 4.79 Å². The summed E-state index contributed by atoms with van der Waals surface area (Å²) in [5, 5.41) is 2.93. The van der Waals surface area contributed by atoms with E-state index in [1.807, 2.05) is 43.3 Å². The molecule has 1 fully saturated rings. The fourth-order valence-corrected chi connectivity index (χ4v) is 3.93. The number of rotatable bonds is 2. The summed E-state index contributed by atoms with van der Waals surface area (Å²) in [4.78, 5) is 12.7. The third kappa shape index (κ3) is 2.53. The predicted molar refractivity (Wildman–Crippen MR) is 94.8 cm³/mol. The van der Waals surface area contributed by atoms with E-state index < -0.39 is 5.60 Å². The van der Waals surface area contributed by atoms with Gasteiger partial charge in [0.05, 0.1) is 24.7 Å².